The molecule has 13 nitrogen and oxygen atoms in total. The molecule has 0 saturated carbocycles. The molecule has 13 heteroatoms. The molecule has 1 atom stereocenters. The number of unbranched alkanes of at least 4 members (excludes halogenated alkanes) is 2. The molecule has 0 radical (unpaired) electrons. The van der Waals surface area contributed by atoms with Gasteiger partial charge in [0.15, 0.2) is 0 Å². The first-order valence-corrected chi connectivity index (χ1v) is 16.8. The maximum Gasteiger partial charge on any atom is 0.409 e. The number of carboxylic acid groups (broad SMARTS) is 1. The van der Waals surface area contributed by atoms with Crippen molar-refractivity contribution >= 4 is 29.8 Å². The van der Waals surface area contributed by atoms with Crippen molar-refractivity contribution in [3.63, 3.8) is 0 Å². The Kier molecular flexibility index (Phi) is 13.3. The van der Waals surface area contributed by atoms with Gasteiger partial charge in [0.05, 0.1) is 12.3 Å². The Bertz CT molecular complexity index is 1420. The summed E-state index contributed by atoms with van der Waals surface area (Å²) in [4.78, 5) is 76.6. The number of pyridine rings is 1. The van der Waals surface area contributed by atoms with Crippen LogP contribution in [0.1, 0.15) is 72.7 Å². The fraction of sp³-hybridized carbons (Fsp3) is 0.543. The van der Waals surface area contributed by atoms with Crippen LogP contribution in [0.15, 0.2) is 42.5 Å². The van der Waals surface area contributed by atoms with Crippen LogP contribution < -0.4 is 5.32 Å². The van der Waals surface area contributed by atoms with Crippen LogP contribution in [0.2, 0.25) is 0 Å². The molecule has 0 spiro atoms. The molecule has 0 aliphatic carbocycles. The molecule has 2 aliphatic rings. The molecule has 2 saturated heterocycles. The Morgan fingerprint density at radius 3 is 2.23 bits per heavy atom. The lowest BCUT2D eigenvalue weighted by molar-refractivity contribution is -0.138. The van der Waals surface area contributed by atoms with E-state index < -0.39 is 29.9 Å². The highest BCUT2D eigenvalue weighted by Crippen LogP contribution is 2.23. The number of carbonyl (C=O) groups excluding carboxylic acids is 4. The zero-order chi connectivity index (χ0) is 34.6. The van der Waals surface area contributed by atoms with E-state index in [2.05, 4.69) is 22.1 Å². The molecule has 48 heavy (non-hydrogen) atoms. The molecule has 3 heterocycles. The number of ether oxygens (including phenoxy) is 1. The molecule has 260 valence electrons. The van der Waals surface area contributed by atoms with Gasteiger partial charge in [0.25, 0.3) is 11.8 Å². The van der Waals surface area contributed by atoms with Crippen LogP contribution in [0.25, 0.3) is 11.3 Å². The summed E-state index contributed by atoms with van der Waals surface area (Å²) in [6.07, 6.45) is 3.55. The van der Waals surface area contributed by atoms with Gasteiger partial charge in [-0.05, 0) is 51.9 Å². The number of hydrogen-bond acceptors (Lipinski definition) is 8. The summed E-state index contributed by atoms with van der Waals surface area (Å²) in [5, 5.41) is 12.1. The summed E-state index contributed by atoms with van der Waals surface area (Å²) >= 11 is 0. The molecule has 4 rings (SSSR count). The van der Waals surface area contributed by atoms with E-state index in [1.165, 1.54) is 11.0 Å². The predicted molar refractivity (Wildman–Crippen MR) is 179 cm³/mol. The summed E-state index contributed by atoms with van der Waals surface area (Å²) in [6.45, 7) is 4.53. The number of aliphatic carboxylic acids is 1. The number of carboxylic acids is 1. The Morgan fingerprint density at radius 1 is 0.938 bits per heavy atom. The predicted octanol–water partition coefficient (Wildman–Crippen LogP) is 3.35. The van der Waals surface area contributed by atoms with E-state index in [0.29, 0.717) is 42.6 Å². The van der Waals surface area contributed by atoms with Crippen LogP contribution in [0.4, 0.5) is 4.79 Å². The van der Waals surface area contributed by atoms with Crippen molar-refractivity contribution in [1.29, 1.82) is 0 Å². The number of rotatable bonds is 13. The Morgan fingerprint density at radius 2 is 1.60 bits per heavy atom. The fourth-order valence-corrected chi connectivity index (χ4v) is 5.99. The summed E-state index contributed by atoms with van der Waals surface area (Å²) in [5.41, 5.74) is 1.41. The third-order valence-electron chi connectivity index (χ3n) is 8.93. The number of benzene rings is 1. The lowest BCUT2D eigenvalue weighted by Crippen LogP contribution is -2.56. The number of piperazine rings is 1. The van der Waals surface area contributed by atoms with Crippen molar-refractivity contribution in [3.05, 3.63) is 53.7 Å². The van der Waals surface area contributed by atoms with Crippen molar-refractivity contribution in [2.75, 3.05) is 60.0 Å². The van der Waals surface area contributed by atoms with Crippen molar-refractivity contribution in [2.24, 2.45) is 0 Å². The molecule has 0 unspecified atom stereocenters. The normalized spacial score (nSPS) is 16.0. The third kappa shape index (κ3) is 9.99. The molecule has 4 amide bonds. The molecule has 2 aliphatic heterocycles. The van der Waals surface area contributed by atoms with Gasteiger partial charge in [0, 0.05) is 62.9 Å². The second kappa shape index (κ2) is 17.6. The lowest BCUT2D eigenvalue weighted by atomic mass is 10.0. The number of hydrogen-bond donors (Lipinski definition) is 2. The average Bonchev–Trinajstić information content (AvgIpc) is 3.11. The second-order valence-corrected chi connectivity index (χ2v) is 12.6. The van der Waals surface area contributed by atoms with Gasteiger partial charge in [-0.3, -0.25) is 19.2 Å². The van der Waals surface area contributed by atoms with E-state index >= 15 is 0 Å². The Hall–Kier alpha value is -4.52. The summed E-state index contributed by atoms with van der Waals surface area (Å²) < 4.78 is 5.34. The minimum atomic E-state index is -1.15. The highest BCUT2D eigenvalue weighted by molar-refractivity contribution is 6.01. The topological polar surface area (TPSA) is 153 Å². The number of likely N-dealkylation sites (tertiary alicyclic amines) is 1. The second-order valence-electron chi connectivity index (χ2n) is 12.6. The van der Waals surface area contributed by atoms with Crippen molar-refractivity contribution < 1.29 is 33.8 Å². The first-order chi connectivity index (χ1) is 23.1. The van der Waals surface area contributed by atoms with Crippen molar-refractivity contribution in [1.82, 2.24) is 29.9 Å². The van der Waals surface area contributed by atoms with Gasteiger partial charge in [-0.25, -0.2) is 9.78 Å². The van der Waals surface area contributed by atoms with Gasteiger partial charge >= 0.3 is 12.1 Å². The van der Waals surface area contributed by atoms with Gasteiger partial charge in [-0.1, -0.05) is 50.1 Å². The molecule has 0 bridgehead atoms. The smallest absolute Gasteiger partial charge is 0.409 e. The van der Waals surface area contributed by atoms with E-state index in [1.54, 1.807) is 15.9 Å². The highest BCUT2D eigenvalue weighted by atomic mass is 16.6. The maximum absolute atomic E-state index is 13.7. The molecule has 2 aromatic rings. The van der Waals surface area contributed by atoms with E-state index in [9.17, 15) is 29.1 Å². The number of piperidine rings is 1. The molecule has 1 aromatic carbocycles. The first kappa shape index (κ1) is 36.3. The van der Waals surface area contributed by atoms with Crippen LogP contribution in [0.3, 0.4) is 0 Å². The average molecular weight is 665 g/mol. The number of aromatic nitrogens is 1. The first-order valence-electron chi connectivity index (χ1n) is 16.8. The Labute approximate surface area is 282 Å². The molecular weight excluding hydrogens is 616 g/mol. The molecule has 1 aromatic heterocycles. The quantitative estimate of drug-likeness (QED) is 0.307. The monoisotopic (exact) mass is 664 g/mol. The lowest BCUT2D eigenvalue weighted by Gasteiger charge is -2.36. The van der Waals surface area contributed by atoms with Crippen LogP contribution in [0, 0.1) is 0 Å². The van der Waals surface area contributed by atoms with E-state index in [0.717, 1.165) is 32.1 Å². The minimum Gasteiger partial charge on any atom is -0.481 e. The van der Waals surface area contributed by atoms with Crippen molar-refractivity contribution in [3.8, 4) is 11.3 Å². The van der Waals surface area contributed by atoms with E-state index in [1.807, 2.05) is 44.4 Å². The third-order valence-corrected chi connectivity index (χ3v) is 8.93. The zero-order valence-electron chi connectivity index (χ0n) is 28.2. The van der Waals surface area contributed by atoms with Gasteiger partial charge in [0.2, 0.25) is 5.91 Å². The number of nitrogens with zero attached hydrogens (tertiary/aromatic N) is 5. The van der Waals surface area contributed by atoms with Gasteiger partial charge in [-0.2, -0.15) is 0 Å². The van der Waals surface area contributed by atoms with Crippen molar-refractivity contribution in [2.45, 2.75) is 64.0 Å². The molecular formula is C35H48N6O7. The van der Waals surface area contributed by atoms with E-state index in [-0.39, 0.29) is 50.6 Å². The maximum atomic E-state index is 13.7. The summed E-state index contributed by atoms with van der Waals surface area (Å²) in [6, 6.07) is 11.6. The fourth-order valence-electron chi connectivity index (χ4n) is 5.99. The van der Waals surface area contributed by atoms with Gasteiger partial charge < -0.3 is 34.8 Å². The van der Waals surface area contributed by atoms with Crippen LogP contribution >= 0.6 is 0 Å². The van der Waals surface area contributed by atoms with Gasteiger partial charge in [0.1, 0.15) is 11.7 Å². The zero-order valence-corrected chi connectivity index (χ0v) is 28.2. The Balaban J connectivity index is 1.50. The number of carbonyl (C=O) groups is 5. The number of amides is 4. The standard InChI is InChI=1S/C35H48N6O7/c1-4-5-9-22-48-35(47)41-20-18-40(19-21-41)34(46)28(12-13-31(42)43)37-32(44)30-24-26(23-29(36-30)25-10-7-6-8-11-25)33(45)39-16-14-27(15-17-39)38(2)3/h6-8,10-11,23-24,27-28H,4-5,9,12-22H2,1-3H3,(H,37,44)(H,42,43)/t28-/m0/s1. The molecule has 2 N–H and O–H groups in total. The SMILES string of the molecule is CCCCCOC(=O)N1CCN(C(=O)[C@H](CCC(=O)O)NC(=O)c2cc(C(=O)N3CCC(N(C)C)CC3)cc(-c3ccccc3)n2)CC1. The summed E-state index contributed by atoms with van der Waals surface area (Å²) in [7, 11) is 4.06. The van der Waals surface area contributed by atoms with Crippen LogP contribution in [-0.2, 0) is 14.3 Å². The van der Waals surface area contributed by atoms with Crippen LogP contribution in [-0.4, -0.2) is 132 Å². The highest BCUT2D eigenvalue weighted by Gasteiger charge is 2.32. The minimum absolute atomic E-state index is 0.0494. The number of nitrogens with one attached hydrogen (secondary N) is 1. The summed E-state index contributed by atoms with van der Waals surface area (Å²) in [5.74, 6) is -2.44. The van der Waals surface area contributed by atoms with Crippen LogP contribution in [0.5, 0.6) is 0 Å². The van der Waals surface area contributed by atoms with E-state index in [4.69, 9.17) is 4.74 Å². The largest absolute Gasteiger partial charge is 0.481 e. The van der Waals surface area contributed by atoms with Gasteiger partial charge in [-0.15, -0.1) is 0 Å². The molecule has 2 fully saturated rings.